The van der Waals surface area contributed by atoms with Crippen LogP contribution in [0.4, 0.5) is 0 Å². The third-order valence-corrected chi connectivity index (χ3v) is 4.51. The second-order valence-corrected chi connectivity index (χ2v) is 4.85. The molecule has 2 aliphatic carbocycles. The smallest absolute Gasteiger partial charge is 0.124 e. The van der Waals surface area contributed by atoms with Gasteiger partial charge in [-0.05, 0) is 25.2 Å². The second-order valence-electron chi connectivity index (χ2n) is 4.85. The fourth-order valence-corrected chi connectivity index (χ4v) is 3.95. The first kappa shape index (κ1) is 7.98. The van der Waals surface area contributed by atoms with Crippen LogP contribution in [0.25, 0.3) is 0 Å². The van der Waals surface area contributed by atoms with E-state index in [2.05, 4.69) is 0 Å². The monoisotopic (exact) mass is 180 g/mol. The van der Waals surface area contributed by atoms with Gasteiger partial charge in [-0.3, -0.25) is 0 Å². The molecule has 0 aromatic carbocycles. The molecule has 1 spiro atoms. The molecule has 3 fully saturated rings. The number of hydrogen-bond donors (Lipinski definition) is 0. The standard InChI is InChI=1S/C11H16O2/c12-7-9-8-3-6-13-10(8)11(9)4-1-2-5-11/h7-10H,1-6H2/t8-,9+,10+/m0/s1. The molecule has 72 valence electrons. The Morgan fingerprint density at radius 3 is 2.77 bits per heavy atom. The van der Waals surface area contributed by atoms with Gasteiger partial charge in [0, 0.05) is 17.9 Å². The minimum absolute atomic E-state index is 0.295. The lowest BCUT2D eigenvalue weighted by Gasteiger charge is -2.54. The molecule has 0 unspecified atom stereocenters. The normalized spacial score (nSPS) is 46.0. The number of aldehydes is 1. The molecule has 3 atom stereocenters. The topological polar surface area (TPSA) is 26.3 Å². The molecule has 0 amide bonds. The molecule has 0 radical (unpaired) electrons. The van der Waals surface area contributed by atoms with Crippen molar-refractivity contribution < 1.29 is 9.53 Å². The summed E-state index contributed by atoms with van der Waals surface area (Å²) in [4.78, 5) is 11.0. The van der Waals surface area contributed by atoms with Gasteiger partial charge in [-0.1, -0.05) is 12.8 Å². The van der Waals surface area contributed by atoms with E-state index in [1.807, 2.05) is 0 Å². The molecule has 1 aliphatic heterocycles. The van der Waals surface area contributed by atoms with Crippen LogP contribution >= 0.6 is 0 Å². The van der Waals surface area contributed by atoms with Gasteiger partial charge in [-0.25, -0.2) is 0 Å². The Kier molecular flexibility index (Phi) is 1.58. The number of ether oxygens (including phenoxy) is 1. The first-order chi connectivity index (χ1) is 6.38. The van der Waals surface area contributed by atoms with Crippen molar-refractivity contribution in [3.8, 4) is 0 Å². The van der Waals surface area contributed by atoms with Crippen LogP contribution < -0.4 is 0 Å². The van der Waals surface area contributed by atoms with Gasteiger partial charge in [0.2, 0.25) is 0 Å². The second kappa shape index (κ2) is 2.57. The average Bonchev–Trinajstić information content (AvgIpc) is 2.69. The van der Waals surface area contributed by atoms with Crippen LogP contribution in [0, 0.1) is 17.3 Å². The first-order valence-corrected chi connectivity index (χ1v) is 5.45. The third-order valence-electron chi connectivity index (χ3n) is 4.51. The Labute approximate surface area is 78.6 Å². The van der Waals surface area contributed by atoms with Crippen LogP contribution in [-0.4, -0.2) is 19.0 Å². The van der Waals surface area contributed by atoms with Crippen molar-refractivity contribution in [2.24, 2.45) is 17.3 Å². The lowest BCUT2D eigenvalue weighted by Crippen LogP contribution is -2.58. The lowest BCUT2D eigenvalue weighted by molar-refractivity contribution is -0.163. The zero-order chi connectivity index (χ0) is 8.89. The van der Waals surface area contributed by atoms with E-state index in [-0.39, 0.29) is 0 Å². The molecule has 0 bridgehead atoms. The summed E-state index contributed by atoms with van der Waals surface area (Å²) >= 11 is 0. The number of carbonyl (C=O) groups is 1. The zero-order valence-corrected chi connectivity index (χ0v) is 7.87. The van der Waals surface area contributed by atoms with E-state index < -0.39 is 0 Å². The minimum atomic E-state index is 0.295. The molecular weight excluding hydrogens is 164 g/mol. The van der Waals surface area contributed by atoms with Gasteiger partial charge < -0.3 is 9.53 Å². The minimum Gasteiger partial charge on any atom is -0.377 e. The molecule has 3 rings (SSSR count). The van der Waals surface area contributed by atoms with Crippen LogP contribution in [0.3, 0.4) is 0 Å². The van der Waals surface area contributed by atoms with Crippen LogP contribution in [0.1, 0.15) is 32.1 Å². The Hall–Kier alpha value is -0.370. The van der Waals surface area contributed by atoms with Crippen LogP contribution in [-0.2, 0) is 9.53 Å². The van der Waals surface area contributed by atoms with Crippen molar-refractivity contribution in [2.45, 2.75) is 38.2 Å². The zero-order valence-electron chi connectivity index (χ0n) is 7.87. The molecule has 1 heterocycles. The summed E-state index contributed by atoms with van der Waals surface area (Å²) in [7, 11) is 0. The highest BCUT2D eigenvalue weighted by molar-refractivity contribution is 5.59. The van der Waals surface area contributed by atoms with E-state index in [0.717, 1.165) is 13.0 Å². The van der Waals surface area contributed by atoms with E-state index in [0.29, 0.717) is 23.4 Å². The molecule has 2 saturated carbocycles. The Bertz CT molecular complexity index is 230. The number of carbonyl (C=O) groups excluding carboxylic acids is 1. The maximum absolute atomic E-state index is 11.0. The van der Waals surface area contributed by atoms with Gasteiger partial charge in [0.05, 0.1) is 6.10 Å². The molecule has 2 nitrogen and oxygen atoms in total. The van der Waals surface area contributed by atoms with Crippen molar-refractivity contribution in [3.05, 3.63) is 0 Å². The van der Waals surface area contributed by atoms with E-state index >= 15 is 0 Å². The molecule has 3 aliphatic rings. The quantitative estimate of drug-likeness (QED) is 0.575. The number of hydrogen-bond acceptors (Lipinski definition) is 2. The first-order valence-electron chi connectivity index (χ1n) is 5.45. The third kappa shape index (κ3) is 0.804. The van der Waals surface area contributed by atoms with Gasteiger partial charge in [-0.2, -0.15) is 0 Å². The molecule has 0 aromatic heterocycles. The predicted octanol–water partition coefficient (Wildman–Crippen LogP) is 1.78. The molecule has 2 heteroatoms. The summed E-state index contributed by atoms with van der Waals surface area (Å²) in [5, 5.41) is 0. The van der Waals surface area contributed by atoms with Crippen LogP contribution in [0.15, 0.2) is 0 Å². The molecule has 13 heavy (non-hydrogen) atoms. The van der Waals surface area contributed by atoms with Crippen molar-refractivity contribution in [2.75, 3.05) is 6.61 Å². The van der Waals surface area contributed by atoms with Crippen molar-refractivity contribution >= 4 is 6.29 Å². The van der Waals surface area contributed by atoms with Crippen molar-refractivity contribution in [1.29, 1.82) is 0 Å². The molecular formula is C11H16O2. The summed E-state index contributed by atoms with van der Waals surface area (Å²) in [5.74, 6) is 0.915. The van der Waals surface area contributed by atoms with Gasteiger partial charge in [0.1, 0.15) is 6.29 Å². The van der Waals surface area contributed by atoms with Crippen molar-refractivity contribution in [1.82, 2.24) is 0 Å². The van der Waals surface area contributed by atoms with Gasteiger partial charge in [0.25, 0.3) is 0 Å². The number of fused-ring (bicyclic) bond motifs is 2. The molecule has 0 N–H and O–H groups in total. The Balaban J connectivity index is 1.89. The fourth-order valence-electron chi connectivity index (χ4n) is 3.95. The van der Waals surface area contributed by atoms with Gasteiger partial charge >= 0.3 is 0 Å². The summed E-state index contributed by atoms with van der Waals surface area (Å²) in [6, 6.07) is 0. The maximum Gasteiger partial charge on any atom is 0.124 e. The molecule has 0 aromatic rings. The van der Waals surface area contributed by atoms with E-state index in [4.69, 9.17) is 4.74 Å². The molecule has 1 saturated heterocycles. The highest BCUT2D eigenvalue weighted by atomic mass is 16.5. The van der Waals surface area contributed by atoms with Crippen molar-refractivity contribution in [3.63, 3.8) is 0 Å². The SMILES string of the molecule is O=C[C@@H]1[C@@H]2CCO[C@H]2C12CCCC2. The van der Waals surface area contributed by atoms with E-state index in [1.165, 1.54) is 32.0 Å². The van der Waals surface area contributed by atoms with Crippen LogP contribution in [0.5, 0.6) is 0 Å². The van der Waals surface area contributed by atoms with Gasteiger partial charge in [-0.15, -0.1) is 0 Å². The van der Waals surface area contributed by atoms with E-state index in [1.54, 1.807) is 0 Å². The number of rotatable bonds is 1. The van der Waals surface area contributed by atoms with E-state index in [9.17, 15) is 4.79 Å². The lowest BCUT2D eigenvalue weighted by atomic mass is 9.51. The summed E-state index contributed by atoms with van der Waals surface area (Å²) < 4.78 is 5.76. The highest BCUT2D eigenvalue weighted by Crippen LogP contribution is 2.63. The largest absolute Gasteiger partial charge is 0.377 e. The predicted molar refractivity (Wildman–Crippen MR) is 48.3 cm³/mol. The highest BCUT2D eigenvalue weighted by Gasteiger charge is 2.64. The summed E-state index contributed by atoms with van der Waals surface area (Å²) in [5.41, 5.74) is 0.295. The summed E-state index contributed by atoms with van der Waals surface area (Å²) in [6.07, 6.45) is 7.85. The van der Waals surface area contributed by atoms with Crippen LogP contribution in [0.2, 0.25) is 0 Å². The van der Waals surface area contributed by atoms with Gasteiger partial charge in [0.15, 0.2) is 0 Å². The average molecular weight is 180 g/mol. The Morgan fingerprint density at radius 2 is 2.08 bits per heavy atom. The fraction of sp³-hybridized carbons (Fsp3) is 0.909. The Morgan fingerprint density at radius 1 is 1.31 bits per heavy atom. The summed E-state index contributed by atoms with van der Waals surface area (Å²) in [6.45, 7) is 0.890. The maximum atomic E-state index is 11.0.